The third-order valence-corrected chi connectivity index (χ3v) is 0.264. The third kappa shape index (κ3) is 8.85. The van der Waals surface area contributed by atoms with Crippen molar-refractivity contribution in [3.8, 4) is 0 Å². The zero-order chi connectivity index (χ0) is 4.28. The van der Waals surface area contributed by atoms with Crippen molar-refractivity contribution in [1.82, 2.24) is 0 Å². The minimum atomic E-state index is -0.560. The van der Waals surface area contributed by atoms with Crippen molar-refractivity contribution >= 4 is 0 Å². The van der Waals surface area contributed by atoms with Crippen LogP contribution in [0.15, 0.2) is 0 Å². The molecule has 0 radical (unpaired) electrons. The van der Waals surface area contributed by atoms with Crippen LogP contribution in [0, 0.1) is 0 Å². The first-order chi connectivity index (χ1) is 2.27. The number of hydrogen-bond acceptors (Lipinski definition) is 2. The summed E-state index contributed by atoms with van der Waals surface area (Å²) in [5, 5.41) is 16.0. The Hall–Kier alpha value is 0.855. The van der Waals surface area contributed by atoms with Crippen molar-refractivity contribution in [2.75, 3.05) is 6.61 Å². The summed E-state index contributed by atoms with van der Waals surface area (Å²) >= 11 is 0. The first kappa shape index (κ1) is 9.97. The molecule has 3 heteroatoms. The fourth-order valence-corrected chi connectivity index (χ4v) is 0. The van der Waals surface area contributed by atoms with Crippen molar-refractivity contribution in [3.05, 3.63) is 0 Å². The van der Waals surface area contributed by atoms with Gasteiger partial charge in [0.05, 0.1) is 12.7 Å². The molecule has 0 saturated heterocycles. The van der Waals surface area contributed by atoms with Gasteiger partial charge in [0, 0.05) is 27.7 Å². The molecule has 1 atom stereocenters. The molecule has 0 aromatic heterocycles. The molecule has 2 N–H and O–H groups in total. The second kappa shape index (κ2) is 5.86. The van der Waals surface area contributed by atoms with E-state index in [1.165, 1.54) is 6.92 Å². The molecule has 0 aliphatic carbocycles. The molecular weight excluding hydrogens is 269 g/mol. The molecule has 6 heavy (non-hydrogen) atoms. The summed E-state index contributed by atoms with van der Waals surface area (Å²) in [6.07, 6.45) is -0.560. The van der Waals surface area contributed by atoms with E-state index in [0.29, 0.717) is 0 Å². The van der Waals surface area contributed by atoms with E-state index >= 15 is 0 Å². The van der Waals surface area contributed by atoms with Gasteiger partial charge in [-0.2, -0.15) is 0 Å². The average Bonchev–Trinajstić information content (AvgIpc) is 1.38. The summed E-state index contributed by atoms with van der Waals surface area (Å²) in [7, 11) is 0. The molecule has 0 amide bonds. The normalized spacial score (nSPS) is 12.5. The van der Waals surface area contributed by atoms with Crippen molar-refractivity contribution < 1.29 is 37.9 Å². The molecule has 1 unspecified atom stereocenters. The van der Waals surface area contributed by atoms with Gasteiger partial charge in [-0.15, -0.1) is 0 Å². The van der Waals surface area contributed by atoms with Gasteiger partial charge in [0.15, 0.2) is 0 Å². The minimum absolute atomic E-state index is 0. The molecule has 0 fully saturated rings. The Morgan fingerprint density at radius 3 is 1.83 bits per heavy atom. The van der Waals surface area contributed by atoms with Crippen LogP contribution in [-0.2, 0) is 27.7 Å². The summed E-state index contributed by atoms with van der Waals surface area (Å²) in [4.78, 5) is 0. The van der Waals surface area contributed by atoms with Crippen LogP contribution in [0.3, 0.4) is 0 Å². The monoisotopic (exact) mass is 278 g/mol. The molecule has 0 saturated carbocycles. The topological polar surface area (TPSA) is 40.5 Å². The van der Waals surface area contributed by atoms with E-state index in [1.807, 2.05) is 0 Å². The van der Waals surface area contributed by atoms with Crippen LogP contribution >= 0.6 is 0 Å². The molecular formula is C3H8HgO2. The van der Waals surface area contributed by atoms with Gasteiger partial charge in [0.1, 0.15) is 0 Å². The van der Waals surface area contributed by atoms with Crippen molar-refractivity contribution in [2.45, 2.75) is 13.0 Å². The Labute approximate surface area is 57.7 Å². The Morgan fingerprint density at radius 2 is 1.83 bits per heavy atom. The van der Waals surface area contributed by atoms with E-state index in [0.717, 1.165) is 0 Å². The first-order valence-corrected chi connectivity index (χ1v) is 1.56. The van der Waals surface area contributed by atoms with Crippen LogP contribution in [0.1, 0.15) is 6.92 Å². The Kier molecular flexibility index (Phi) is 9.73. The fraction of sp³-hybridized carbons (Fsp3) is 1.00. The van der Waals surface area contributed by atoms with Crippen LogP contribution < -0.4 is 0 Å². The van der Waals surface area contributed by atoms with Gasteiger partial charge in [-0.1, -0.05) is 0 Å². The van der Waals surface area contributed by atoms with Gasteiger partial charge < -0.3 is 10.2 Å². The Morgan fingerprint density at radius 1 is 1.67 bits per heavy atom. The number of aliphatic hydroxyl groups excluding tert-OH is 2. The van der Waals surface area contributed by atoms with Gasteiger partial charge in [-0.3, -0.25) is 0 Å². The molecule has 34 valence electrons. The number of aliphatic hydroxyl groups is 2. The largest absolute Gasteiger partial charge is 0.394 e. The van der Waals surface area contributed by atoms with E-state index in [-0.39, 0.29) is 34.3 Å². The number of hydrogen-bond donors (Lipinski definition) is 2. The summed E-state index contributed by atoms with van der Waals surface area (Å²) in [6.45, 7) is 1.39. The zero-order valence-electron chi connectivity index (χ0n) is 3.89. The van der Waals surface area contributed by atoms with Gasteiger partial charge in [-0.05, 0) is 6.92 Å². The van der Waals surface area contributed by atoms with Crippen molar-refractivity contribution in [2.24, 2.45) is 0 Å². The van der Waals surface area contributed by atoms with Crippen LogP contribution in [0.5, 0.6) is 0 Å². The molecule has 0 spiro atoms. The zero-order valence-corrected chi connectivity index (χ0v) is 9.38. The van der Waals surface area contributed by atoms with Crippen molar-refractivity contribution in [1.29, 1.82) is 0 Å². The second-order valence-electron chi connectivity index (χ2n) is 1.03. The van der Waals surface area contributed by atoms with E-state index in [1.54, 1.807) is 0 Å². The first-order valence-electron chi connectivity index (χ1n) is 1.56. The predicted octanol–water partition coefficient (Wildman–Crippen LogP) is -0.643. The summed E-state index contributed by atoms with van der Waals surface area (Å²) in [5.41, 5.74) is 0. The maximum absolute atomic E-state index is 8.11. The molecule has 0 bridgehead atoms. The van der Waals surface area contributed by atoms with E-state index < -0.39 is 6.10 Å². The van der Waals surface area contributed by atoms with Gasteiger partial charge in [0.25, 0.3) is 0 Å². The fourth-order valence-electron chi connectivity index (χ4n) is 0. The van der Waals surface area contributed by atoms with Crippen molar-refractivity contribution in [3.63, 3.8) is 0 Å². The summed E-state index contributed by atoms with van der Waals surface area (Å²) in [6, 6.07) is 0. The Bertz CT molecular complexity index is 22.8. The standard InChI is InChI=1S/C3H8O2.Hg/c1-3(5)2-4;/h3-5H,2H2,1H3;. The molecule has 2 nitrogen and oxygen atoms in total. The minimum Gasteiger partial charge on any atom is -0.394 e. The number of rotatable bonds is 1. The second-order valence-corrected chi connectivity index (χ2v) is 1.03. The maximum Gasteiger partial charge on any atom is 0.0742 e. The molecule has 0 rings (SSSR count). The van der Waals surface area contributed by atoms with Crippen LogP contribution in [-0.4, -0.2) is 22.9 Å². The predicted molar refractivity (Wildman–Crippen MR) is 18.8 cm³/mol. The Balaban J connectivity index is 0. The molecule has 0 heterocycles. The van der Waals surface area contributed by atoms with Gasteiger partial charge in [0.2, 0.25) is 0 Å². The molecule has 0 aliphatic rings. The quantitative estimate of drug-likeness (QED) is 0.626. The maximum atomic E-state index is 8.11. The molecule has 0 aromatic rings. The smallest absolute Gasteiger partial charge is 0.0742 e. The van der Waals surface area contributed by atoms with E-state index in [2.05, 4.69) is 0 Å². The molecule has 0 aliphatic heterocycles. The third-order valence-electron chi connectivity index (χ3n) is 0.264. The van der Waals surface area contributed by atoms with Gasteiger partial charge in [-0.25, -0.2) is 0 Å². The van der Waals surface area contributed by atoms with Crippen LogP contribution in [0.2, 0.25) is 0 Å². The summed E-state index contributed by atoms with van der Waals surface area (Å²) in [5.74, 6) is 0. The van der Waals surface area contributed by atoms with E-state index in [4.69, 9.17) is 10.2 Å². The SMILES string of the molecule is CC(O)CO.[Hg]. The van der Waals surface area contributed by atoms with Crippen LogP contribution in [0.25, 0.3) is 0 Å². The van der Waals surface area contributed by atoms with Crippen LogP contribution in [0.4, 0.5) is 0 Å². The average molecular weight is 277 g/mol. The summed E-state index contributed by atoms with van der Waals surface area (Å²) < 4.78 is 0. The molecule has 0 aromatic carbocycles. The van der Waals surface area contributed by atoms with Gasteiger partial charge >= 0.3 is 0 Å². The van der Waals surface area contributed by atoms with E-state index in [9.17, 15) is 0 Å².